The summed E-state index contributed by atoms with van der Waals surface area (Å²) in [5.74, 6) is 0.711. The first-order valence-corrected chi connectivity index (χ1v) is 7.27. The van der Waals surface area contributed by atoms with Gasteiger partial charge in [-0.25, -0.2) is 4.98 Å². The highest BCUT2D eigenvalue weighted by atomic mass is 16.3. The summed E-state index contributed by atoms with van der Waals surface area (Å²) in [7, 11) is 0. The summed E-state index contributed by atoms with van der Waals surface area (Å²) in [6.07, 6.45) is 4.54. The van der Waals surface area contributed by atoms with E-state index in [1.54, 1.807) is 0 Å². The maximum Gasteiger partial charge on any atom is 0.209 e. The van der Waals surface area contributed by atoms with E-state index >= 15 is 0 Å². The van der Waals surface area contributed by atoms with Gasteiger partial charge in [0.15, 0.2) is 5.58 Å². The maximum atomic E-state index is 9.02. The van der Waals surface area contributed by atoms with E-state index in [4.69, 9.17) is 15.3 Å². The molecule has 0 amide bonds. The van der Waals surface area contributed by atoms with Crippen LogP contribution >= 0.6 is 0 Å². The number of para-hydroxylation sites is 1. The van der Waals surface area contributed by atoms with Crippen molar-refractivity contribution < 1.29 is 9.52 Å². The van der Waals surface area contributed by atoms with Crippen molar-refractivity contribution in [3.63, 3.8) is 0 Å². The average molecular weight is 275 g/mol. The molecule has 1 aromatic heterocycles. The lowest BCUT2D eigenvalue weighted by Crippen LogP contribution is -2.40. The number of aliphatic hydroxyl groups excluding tert-OH is 1. The molecule has 0 saturated heterocycles. The third-order valence-corrected chi connectivity index (χ3v) is 4.03. The quantitative estimate of drug-likeness (QED) is 0.790. The Morgan fingerprint density at radius 1 is 1.40 bits per heavy atom. The van der Waals surface area contributed by atoms with Gasteiger partial charge in [-0.2, -0.15) is 0 Å². The normalized spacial score (nSPS) is 15.9. The molecule has 20 heavy (non-hydrogen) atoms. The zero-order valence-corrected chi connectivity index (χ0v) is 11.6. The highest BCUT2D eigenvalue weighted by Gasteiger charge is 2.26. The monoisotopic (exact) mass is 275 g/mol. The Bertz CT molecular complexity index is 578. The standard InChI is InChI=1S/C15H21N3O2/c16-12-6-2-7-13-15(12)17-14(20-13)10-18(8-3-9-19)11-4-1-5-11/h2,6-7,11,19H,1,3-5,8-10,16H2. The van der Waals surface area contributed by atoms with Crippen LogP contribution in [-0.4, -0.2) is 34.2 Å². The highest BCUT2D eigenvalue weighted by Crippen LogP contribution is 2.28. The first-order valence-electron chi connectivity index (χ1n) is 7.27. The van der Waals surface area contributed by atoms with Gasteiger partial charge in [-0.15, -0.1) is 0 Å². The molecule has 0 radical (unpaired) electrons. The fourth-order valence-corrected chi connectivity index (χ4v) is 2.67. The molecule has 5 heteroatoms. The zero-order valence-electron chi connectivity index (χ0n) is 11.6. The fourth-order valence-electron chi connectivity index (χ4n) is 2.67. The lowest BCUT2D eigenvalue weighted by Gasteiger charge is -2.36. The number of nitrogen functional groups attached to an aromatic ring is 1. The Morgan fingerprint density at radius 2 is 2.25 bits per heavy atom. The van der Waals surface area contributed by atoms with E-state index in [0.717, 1.165) is 24.1 Å². The smallest absolute Gasteiger partial charge is 0.209 e. The van der Waals surface area contributed by atoms with Crippen molar-refractivity contribution in [3.8, 4) is 0 Å². The van der Waals surface area contributed by atoms with E-state index in [0.29, 0.717) is 24.2 Å². The third kappa shape index (κ3) is 2.64. The van der Waals surface area contributed by atoms with Gasteiger partial charge in [0.1, 0.15) is 5.52 Å². The van der Waals surface area contributed by atoms with Crippen LogP contribution < -0.4 is 5.73 Å². The van der Waals surface area contributed by atoms with E-state index in [1.807, 2.05) is 18.2 Å². The molecule has 1 saturated carbocycles. The van der Waals surface area contributed by atoms with Crippen molar-refractivity contribution in [3.05, 3.63) is 24.1 Å². The molecule has 1 aliphatic carbocycles. The van der Waals surface area contributed by atoms with Crippen LogP contribution in [0.25, 0.3) is 11.1 Å². The van der Waals surface area contributed by atoms with Gasteiger partial charge in [0.2, 0.25) is 5.89 Å². The average Bonchev–Trinajstić information content (AvgIpc) is 2.78. The molecule has 0 unspecified atom stereocenters. The summed E-state index contributed by atoms with van der Waals surface area (Å²) in [6.45, 7) is 1.80. The topological polar surface area (TPSA) is 75.5 Å². The molecule has 1 aliphatic rings. The summed E-state index contributed by atoms with van der Waals surface area (Å²) in [5.41, 5.74) is 8.06. The van der Waals surface area contributed by atoms with Crippen LogP contribution in [0.15, 0.2) is 22.6 Å². The first-order chi connectivity index (χ1) is 9.78. The number of oxazole rings is 1. The Labute approximate surface area is 118 Å². The summed E-state index contributed by atoms with van der Waals surface area (Å²) in [4.78, 5) is 6.87. The van der Waals surface area contributed by atoms with E-state index in [9.17, 15) is 0 Å². The van der Waals surface area contributed by atoms with Gasteiger partial charge in [-0.05, 0) is 31.4 Å². The van der Waals surface area contributed by atoms with E-state index in [-0.39, 0.29) is 6.61 Å². The molecule has 2 aromatic rings. The van der Waals surface area contributed by atoms with Gasteiger partial charge in [-0.1, -0.05) is 12.5 Å². The number of rotatable bonds is 6. The lowest BCUT2D eigenvalue weighted by atomic mass is 9.91. The van der Waals surface area contributed by atoms with Gasteiger partial charge in [0, 0.05) is 19.2 Å². The number of nitrogens with two attached hydrogens (primary N) is 1. The van der Waals surface area contributed by atoms with E-state index < -0.39 is 0 Å². The number of aliphatic hydroxyl groups is 1. The molecule has 5 nitrogen and oxygen atoms in total. The van der Waals surface area contributed by atoms with E-state index in [1.165, 1.54) is 19.3 Å². The summed E-state index contributed by atoms with van der Waals surface area (Å²) < 4.78 is 5.78. The van der Waals surface area contributed by atoms with Crippen LogP contribution in [-0.2, 0) is 6.54 Å². The second-order valence-electron chi connectivity index (χ2n) is 5.43. The molecule has 1 heterocycles. The minimum absolute atomic E-state index is 0.226. The predicted octanol–water partition coefficient (Wildman–Crippen LogP) is 2.15. The largest absolute Gasteiger partial charge is 0.439 e. The van der Waals surface area contributed by atoms with Crippen LogP contribution in [0.2, 0.25) is 0 Å². The fraction of sp³-hybridized carbons (Fsp3) is 0.533. The molecule has 0 aliphatic heterocycles. The number of nitrogens with zero attached hydrogens (tertiary/aromatic N) is 2. The Kier molecular flexibility index (Phi) is 3.89. The number of hydrogen-bond acceptors (Lipinski definition) is 5. The van der Waals surface area contributed by atoms with Crippen molar-refractivity contribution in [2.45, 2.75) is 38.3 Å². The van der Waals surface area contributed by atoms with Crippen molar-refractivity contribution in [1.82, 2.24) is 9.88 Å². The third-order valence-electron chi connectivity index (χ3n) is 4.03. The Hall–Kier alpha value is -1.59. The molecule has 1 aromatic carbocycles. The van der Waals surface area contributed by atoms with Gasteiger partial charge in [0.05, 0.1) is 12.2 Å². The second-order valence-corrected chi connectivity index (χ2v) is 5.43. The van der Waals surface area contributed by atoms with Crippen LogP contribution in [0.4, 0.5) is 5.69 Å². The molecule has 3 rings (SSSR count). The molecule has 1 fully saturated rings. The lowest BCUT2D eigenvalue weighted by molar-refractivity contribution is 0.100. The molecule has 0 spiro atoms. The minimum Gasteiger partial charge on any atom is -0.439 e. The second kappa shape index (κ2) is 5.81. The minimum atomic E-state index is 0.226. The van der Waals surface area contributed by atoms with Crippen molar-refractivity contribution in [2.75, 3.05) is 18.9 Å². The van der Waals surface area contributed by atoms with Crippen LogP contribution in [0.3, 0.4) is 0 Å². The SMILES string of the molecule is Nc1cccc2oc(CN(CCCO)C3CCC3)nc12. The zero-order chi connectivity index (χ0) is 13.9. The molecule has 108 valence electrons. The molecule has 0 bridgehead atoms. The maximum absolute atomic E-state index is 9.02. The molecule has 0 atom stereocenters. The van der Waals surface area contributed by atoms with Crippen LogP contribution in [0.1, 0.15) is 31.6 Å². The number of hydrogen-bond donors (Lipinski definition) is 2. The van der Waals surface area contributed by atoms with Gasteiger partial charge < -0.3 is 15.3 Å². The number of fused-ring (bicyclic) bond motifs is 1. The van der Waals surface area contributed by atoms with Crippen molar-refractivity contribution in [1.29, 1.82) is 0 Å². The number of benzene rings is 1. The Balaban J connectivity index is 1.77. The summed E-state index contributed by atoms with van der Waals surface area (Å²) >= 11 is 0. The van der Waals surface area contributed by atoms with Gasteiger partial charge in [0.25, 0.3) is 0 Å². The number of anilines is 1. The molecule has 3 N–H and O–H groups in total. The van der Waals surface area contributed by atoms with Gasteiger partial charge >= 0.3 is 0 Å². The van der Waals surface area contributed by atoms with Crippen LogP contribution in [0.5, 0.6) is 0 Å². The van der Waals surface area contributed by atoms with E-state index in [2.05, 4.69) is 9.88 Å². The Morgan fingerprint density at radius 3 is 2.90 bits per heavy atom. The molecular formula is C15H21N3O2. The highest BCUT2D eigenvalue weighted by molar-refractivity contribution is 5.85. The van der Waals surface area contributed by atoms with Crippen molar-refractivity contribution in [2.24, 2.45) is 0 Å². The van der Waals surface area contributed by atoms with Crippen molar-refractivity contribution >= 4 is 16.8 Å². The van der Waals surface area contributed by atoms with Crippen LogP contribution in [0, 0.1) is 0 Å². The summed E-state index contributed by atoms with van der Waals surface area (Å²) in [6, 6.07) is 6.21. The summed E-state index contributed by atoms with van der Waals surface area (Å²) in [5, 5.41) is 9.02. The van der Waals surface area contributed by atoms with Gasteiger partial charge in [-0.3, -0.25) is 4.90 Å². The molecular weight excluding hydrogens is 254 g/mol. The first kappa shape index (κ1) is 13.4. The predicted molar refractivity (Wildman–Crippen MR) is 78.2 cm³/mol. The number of aromatic nitrogens is 1.